The molecule has 0 amide bonds. The number of phosphoric acid groups is 1. The zero-order valence-electron chi connectivity index (χ0n) is 51.1. The molecule has 0 spiro atoms. The van der Waals surface area contributed by atoms with E-state index in [-0.39, 0.29) is 32.0 Å². The highest BCUT2D eigenvalue weighted by Gasteiger charge is 2.27. The van der Waals surface area contributed by atoms with Gasteiger partial charge in [-0.05, 0) is 96.3 Å². The highest BCUT2D eigenvalue weighted by Crippen LogP contribution is 2.43. The van der Waals surface area contributed by atoms with Crippen LogP contribution in [0.15, 0.2) is 97.2 Å². The summed E-state index contributed by atoms with van der Waals surface area (Å²) in [6.07, 6.45) is 80.6. The van der Waals surface area contributed by atoms with Crippen LogP contribution in [0.1, 0.15) is 271 Å². The average molecular weight is 1110 g/mol. The standard InChI is InChI=1S/C68H120NO8P/c1-6-8-10-12-14-16-18-20-22-24-26-28-29-30-31-32-33-34-35-36-37-38-39-41-43-45-47-49-51-53-55-57-59-61-68(71)77-66(65-76-78(72,73)75-63-62-69(3,4)5)64-74-67(70)60-58-56-54-52-50-48-46-44-42-40-27-25-23-21-19-17-15-13-11-9-7-2/h8,10,14,16,19-22,25-28,30-31,33-34,66H,6-7,9,11-13,15,17-18,23-24,29,32,35-65H2,1-5H3/p+1/b10-8-,16-14-,21-19-,22-20-,27-25-,28-26-,31-30-,34-33-. The Hall–Kier alpha value is -3.07. The Balaban J connectivity index is 4.10. The largest absolute Gasteiger partial charge is 0.472 e. The van der Waals surface area contributed by atoms with Gasteiger partial charge >= 0.3 is 19.8 Å². The van der Waals surface area contributed by atoms with Crippen LogP contribution in [0.3, 0.4) is 0 Å². The fraction of sp³-hybridized carbons (Fsp3) is 0.735. The van der Waals surface area contributed by atoms with Gasteiger partial charge in [0.2, 0.25) is 0 Å². The smallest absolute Gasteiger partial charge is 0.462 e. The SMILES string of the molecule is CC/C=C\C/C=C\C/C=C\C/C=C\C/C=C\C/C=C\CCCCCCCCCCCCCCCCC(=O)OC(COC(=O)CCCCCCCCCCC/C=C\C/C=C\CCCCCCC)COP(=O)(O)OCC[N+](C)(C)C. The Morgan fingerprint density at radius 1 is 0.410 bits per heavy atom. The minimum Gasteiger partial charge on any atom is -0.462 e. The van der Waals surface area contributed by atoms with E-state index in [1.807, 2.05) is 21.1 Å². The summed E-state index contributed by atoms with van der Waals surface area (Å²) in [4.78, 5) is 35.8. The van der Waals surface area contributed by atoms with Gasteiger partial charge in [-0.3, -0.25) is 18.6 Å². The van der Waals surface area contributed by atoms with Crippen molar-refractivity contribution < 1.29 is 42.1 Å². The molecule has 0 saturated carbocycles. The summed E-state index contributed by atoms with van der Waals surface area (Å²) >= 11 is 0. The van der Waals surface area contributed by atoms with Gasteiger partial charge in [0, 0.05) is 12.8 Å². The Kier molecular flexibility index (Phi) is 56.3. The molecular formula is C68H121NO8P+. The summed E-state index contributed by atoms with van der Waals surface area (Å²) in [5.74, 6) is -0.800. The Labute approximate surface area is 481 Å². The summed E-state index contributed by atoms with van der Waals surface area (Å²) in [6, 6.07) is 0. The zero-order chi connectivity index (χ0) is 57.0. The molecule has 0 aliphatic carbocycles. The summed E-state index contributed by atoms with van der Waals surface area (Å²) in [5.41, 5.74) is 0. The minimum atomic E-state index is -4.39. The molecule has 0 saturated heterocycles. The lowest BCUT2D eigenvalue weighted by Gasteiger charge is -2.24. The van der Waals surface area contributed by atoms with E-state index in [1.165, 1.54) is 154 Å². The second kappa shape index (κ2) is 58.6. The third-order valence-corrected chi connectivity index (χ3v) is 14.6. The maximum Gasteiger partial charge on any atom is 0.472 e. The number of esters is 2. The quantitative estimate of drug-likeness (QED) is 0.0211. The number of quaternary nitrogens is 1. The third kappa shape index (κ3) is 62.1. The lowest BCUT2D eigenvalue weighted by Crippen LogP contribution is -2.37. The number of carbonyl (C=O) groups is 2. The Morgan fingerprint density at radius 2 is 0.731 bits per heavy atom. The van der Waals surface area contributed by atoms with Crippen LogP contribution in [-0.4, -0.2) is 74.9 Å². The van der Waals surface area contributed by atoms with Gasteiger partial charge < -0.3 is 18.9 Å². The summed E-state index contributed by atoms with van der Waals surface area (Å²) in [7, 11) is 1.47. The van der Waals surface area contributed by atoms with Gasteiger partial charge in [0.15, 0.2) is 6.10 Å². The number of ether oxygens (including phenoxy) is 2. The predicted octanol–water partition coefficient (Wildman–Crippen LogP) is 20.4. The number of nitrogens with zero attached hydrogens (tertiary/aromatic N) is 1. The fourth-order valence-corrected chi connectivity index (χ4v) is 9.44. The number of hydrogen-bond acceptors (Lipinski definition) is 7. The Morgan fingerprint density at radius 3 is 1.09 bits per heavy atom. The number of carbonyl (C=O) groups excluding carboxylic acids is 2. The molecule has 2 atom stereocenters. The van der Waals surface area contributed by atoms with Crippen molar-refractivity contribution in [3.8, 4) is 0 Å². The van der Waals surface area contributed by atoms with Crippen LogP contribution in [0.5, 0.6) is 0 Å². The van der Waals surface area contributed by atoms with E-state index in [0.29, 0.717) is 17.4 Å². The van der Waals surface area contributed by atoms with Crippen LogP contribution in [0.2, 0.25) is 0 Å². The molecule has 10 heteroatoms. The number of unbranched alkanes of at least 4 members (excludes halogenated alkanes) is 28. The van der Waals surface area contributed by atoms with Crippen molar-refractivity contribution in [2.24, 2.45) is 0 Å². The van der Waals surface area contributed by atoms with Crippen LogP contribution in [-0.2, 0) is 32.7 Å². The summed E-state index contributed by atoms with van der Waals surface area (Å²) in [6.45, 7) is 4.32. The monoisotopic (exact) mass is 1110 g/mol. The van der Waals surface area contributed by atoms with Gasteiger partial charge in [-0.15, -0.1) is 0 Å². The average Bonchev–Trinajstić information content (AvgIpc) is 3.41. The van der Waals surface area contributed by atoms with E-state index in [2.05, 4.69) is 111 Å². The molecular weight excluding hydrogens is 990 g/mol. The van der Waals surface area contributed by atoms with Crippen molar-refractivity contribution >= 4 is 19.8 Å². The number of allylic oxidation sites excluding steroid dienone is 16. The van der Waals surface area contributed by atoms with Crippen molar-refractivity contribution in [2.45, 2.75) is 277 Å². The lowest BCUT2D eigenvalue weighted by molar-refractivity contribution is -0.870. The number of likely N-dealkylation sites (N-methyl/N-ethyl adjacent to an activating group) is 1. The van der Waals surface area contributed by atoms with Crippen LogP contribution in [0.25, 0.3) is 0 Å². The molecule has 0 aromatic carbocycles. The summed E-state index contributed by atoms with van der Waals surface area (Å²) < 4.78 is 34.6. The van der Waals surface area contributed by atoms with Crippen LogP contribution < -0.4 is 0 Å². The highest BCUT2D eigenvalue weighted by molar-refractivity contribution is 7.47. The predicted molar refractivity (Wildman–Crippen MR) is 335 cm³/mol. The van der Waals surface area contributed by atoms with E-state index in [0.717, 1.165) is 83.5 Å². The van der Waals surface area contributed by atoms with Crippen molar-refractivity contribution in [2.75, 3.05) is 47.5 Å². The number of hydrogen-bond donors (Lipinski definition) is 1. The first kappa shape index (κ1) is 74.9. The molecule has 9 nitrogen and oxygen atoms in total. The van der Waals surface area contributed by atoms with E-state index < -0.39 is 26.5 Å². The topological polar surface area (TPSA) is 108 Å². The van der Waals surface area contributed by atoms with Gasteiger partial charge in [-0.1, -0.05) is 259 Å². The molecule has 1 N–H and O–H groups in total. The van der Waals surface area contributed by atoms with Crippen LogP contribution in [0, 0.1) is 0 Å². The molecule has 2 unspecified atom stereocenters. The van der Waals surface area contributed by atoms with Crippen LogP contribution >= 0.6 is 7.82 Å². The van der Waals surface area contributed by atoms with Gasteiger partial charge in [-0.25, -0.2) is 4.57 Å². The molecule has 0 heterocycles. The highest BCUT2D eigenvalue weighted by atomic mass is 31.2. The third-order valence-electron chi connectivity index (χ3n) is 13.6. The molecule has 0 bridgehead atoms. The van der Waals surface area contributed by atoms with Crippen molar-refractivity contribution in [1.29, 1.82) is 0 Å². The van der Waals surface area contributed by atoms with E-state index in [4.69, 9.17) is 18.5 Å². The Bertz CT molecular complexity index is 1640. The summed E-state index contributed by atoms with van der Waals surface area (Å²) in [5, 5.41) is 0. The van der Waals surface area contributed by atoms with Gasteiger partial charge in [0.1, 0.15) is 19.8 Å². The molecule has 0 aliphatic rings. The minimum absolute atomic E-state index is 0.0279. The number of rotatable bonds is 58. The van der Waals surface area contributed by atoms with Crippen molar-refractivity contribution in [3.63, 3.8) is 0 Å². The van der Waals surface area contributed by atoms with Gasteiger partial charge in [0.05, 0.1) is 27.7 Å². The first-order valence-corrected chi connectivity index (χ1v) is 33.5. The first-order chi connectivity index (χ1) is 38.0. The van der Waals surface area contributed by atoms with E-state index in [9.17, 15) is 19.0 Å². The molecule has 0 aliphatic heterocycles. The molecule has 0 fully saturated rings. The molecule has 0 radical (unpaired) electrons. The molecule has 0 aromatic heterocycles. The van der Waals surface area contributed by atoms with Gasteiger partial charge in [0.25, 0.3) is 0 Å². The molecule has 0 aromatic rings. The molecule has 450 valence electrons. The maximum absolute atomic E-state index is 12.9. The molecule has 78 heavy (non-hydrogen) atoms. The maximum atomic E-state index is 12.9. The normalized spacial score (nSPS) is 13.9. The van der Waals surface area contributed by atoms with E-state index >= 15 is 0 Å². The van der Waals surface area contributed by atoms with Crippen molar-refractivity contribution in [1.82, 2.24) is 0 Å². The first-order valence-electron chi connectivity index (χ1n) is 32.0. The second-order valence-corrected chi connectivity index (χ2v) is 23.9. The fourth-order valence-electron chi connectivity index (χ4n) is 8.70. The van der Waals surface area contributed by atoms with Crippen LogP contribution in [0.4, 0.5) is 0 Å². The zero-order valence-corrected chi connectivity index (χ0v) is 52.0. The molecule has 0 rings (SSSR count). The number of phosphoric ester groups is 1. The lowest BCUT2D eigenvalue weighted by atomic mass is 10.0. The second-order valence-electron chi connectivity index (χ2n) is 22.4. The van der Waals surface area contributed by atoms with E-state index in [1.54, 1.807) is 0 Å². The van der Waals surface area contributed by atoms with Gasteiger partial charge in [-0.2, -0.15) is 0 Å². The van der Waals surface area contributed by atoms with Crippen molar-refractivity contribution in [3.05, 3.63) is 97.2 Å².